The number of pyridine rings is 1. The molecule has 2 aliphatic rings. The van der Waals surface area contributed by atoms with Crippen LogP contribution < -0.4 is 0 Å². The molecule has 0 bridgehead atoms. The van der Waals surface area contributed by atoms with Gasteiger partial charge in [0.1, 0.15) is 6.04 Å². The number of aromatic nitrogens is 5. The molecule has 1 saturated carbocycles. The zero-order chi connectivity index (χ0) is 21.1. The van der Waals surface area contributed by atoms with Crippen molar-refractivity contribution >= 4 is 11.4 Å². The number of aromatic amines is 1. The topological polar surface area (TPSA) is 92.3 Å². The van der Waals surface area contributed by atoms with Crippen LogP contribution in [0.15, 0.2) is 41.2 Å². The van der Waals surface area contributed by atoms with Crippen molar-refractivity contribution in [3.63, 3.8) is 0 Å². The molecule has 1 aliphatic heterocycles. The van der Waals surface area contributed by atoms with Gasteiger partial charge in [0, 0.05) is 36.7 Å². The molecule has 4 aromatic rings. The lowest BCUT2D eigenvalue weighted by molar-refractivity contribution is 0.0650. The Morgan fingerprint density at radius 2 is 2.13 bits per heavy atom. The molecule has 0 unspecified atom stereocenters. The lowest BCUT2D eigenvalue weighted by atomic mass is 9.99. The van der Waals surface area contributed by atoms with Crippen molar-refractivity contribution in [2.75, 3.05) is 6.54 Å². The fraction of sp³-hybridized carbons (Fsp3) is 0.391. The van der Waals surface area contributed by atoms with Crippen molar-refractivity contribution in [2.24, 2.45) is 0 Å². The predicted molar refractivity (Wildman–Crippen MR) is 113 cm³/mol. The minimum absolute atomic E-state index is 0.128. The van der Waals surface area contributed by atoms with E-state index >= 15 is 0 Å². The van der Waals surface area contributed by atoms with E-state index in [4.69, 9.17) is 14.5 Å². The highest BCUT2D eigenvalue weighted by molar-refractivity contribution is 5.93. The van der Waals surface area contributed by atoms with Crippen LogP contribution in [-0.4, -0.2) is 41.9 Å². The smallest absolute Gasteiger partial charge is 0.292 e. The fourth-order valence-electron chi connectivity index (χ4n) is 4.40. The molecule has 1 N–H and O–H groups in total. The van der Waals surface area contributed by atoms with Crippen LogP contribution in [0.1, 0.15) is 83.8 Å². The Labute approximate surface area is 179 Å². The molecule has 158 valence electrons. The summed E-state index contributed by atoms with van der Waals surface area (Å²) in [6.45, 7) is 4.63. The van der Waals surface area contributed by atoms with Crippen molar-refractivity contribution in [2.45, 2.75) is 51.0 Å². The number of oxazole rings is 1. The Morgan fingerprint density at radius 1 is 1.26 bits per heavy atom. The Balaban J connectivity index is 1.45. The van der Waals surface area contributed by atoms with Crippen molar-refractivity contribution in [1.82, 2.24) is 29.5 Å². The highest BCUT2D eigenvalue weighted by Crippen LogP contribution is 2.43. The SMILES string of the molecule is CC(C)c1nc(C2CC2)c(C(=O)N2CCc3[nH]cnc3[C@@H]2c2cc3ccccn3n2)o1. The van der Waals surface area contributed by atoms with E-state index in [-0.39, 0.29) is 17.9 Å². The van der Waals surface area contributed by atoms with Gasteiger partial charge >= 0.3 is 0 Å². The van der Waals surface area contributed by atoms with Gasteiger partial charge in [-0.15, -0.1) is 0 Å². The number of amides is 1. The number of imidazole rings is 1. The third-order valence-corrected chi connectivity index (χ3v) is 6.18. The van der Waals surface area contributed by atoms with Gasteiger partial charge in [-0.2, -0.15) is 5.10 Å². The minimum Gasteiger partial charge on any atom is -0.435 e. The number of nitrogens with one attached hydrogen (secondary N) is 1. The molecular formula is C23H24N6O2. The van der Waals surface area contributed by atoms with Gasteiger partial charge in [-0.25, -0.2) is 14.5 Å². The van der Waals surface area contributed by atoms with Gasteiger partial charge in [-0.05, 0) is 31.0 Å². The molecule has 8 heteroatoms. The van der Waals surface area contributed by atoms with Crippen LogP contribution in [0.25, 0.3) is 5.52 Å². The summed E-state index contributed by atoms with van der Waals surface area (Å²) in [4.78, 5) is 28.2. The summed E-state index contributed by atoms with van der Waals surface area (Å²) in [5.41, 5.74) is 4.49. The normalized spacial score (nSPS) is 18.7. The van der Waals surface area contributed by atoms with E-state index in [0.717, 1.165) is 47.6 Å². The first-order valence-corrected chi connectivity index (χ1v) is 10.9. The molecular weight excluding hydrogens is 392 g/mol. The Bertz CT molecular complexity index is 1250. The molecule has 1 aliphatic carbocycles. The van der Waals surface area contributed by atoms with Crippen LogP contribution in [0.2, 0.25) is 0 Å². The van der Waals surface area contributed by atoms with Crippen molar-refractivity contribution in [3.05, 3.63) is 71.2 Å². The maximum atomic E-state index is 13.8. The lowest BCUT2D eigenvalue weighted by Crippen LogP contribution is -2.41. The van der Waals surface area contributed by atoms with Gasteiger partial charge in [0.05, 0.1) is 28.9 Å². The van der Waals surface area contributed by atoms with Crippen LogP contribution in [0.5, 0.6) is 0 Å². The number of nitrogens with zero attached hydrogens (tertiary/aromatic N) is 5. The van der Waals surface area contributed by atoms with Gasteiger partial charge in [-0.1, -0.05) is 19.9 Å². The number of hydrogen-bond acceptors (Lipinski definition) is 5. The largest absolute Gasteiger partial charge is 0.435 e. The summed E-state index contributed by atoms with van der Waals surface area (Å²) < 4.78 is 7.88. The molecule has 5 heterocycles. The summed E-state index contributed by atoms with van der Waals surface area (Å²) in [6, 6.07) is 7.58. The summed E-state index contributed by atoms with van der Waals surface area (Å²) in [5.74, 6) is 1.35. The van der Waals surface area contributed by atoms with Gasteiger partial charge in [0.2, 0.25) is 5.76 Å². The van der Waals surface area contributed by atoms with Crippen LogP contribution in [-0.2, 0) is 6.42 Å². The highest BCUT2D eigenvalue weighted by Gasteiger charge is 2.41. The second-order valence-electron chi connectivity index (χ2n) is 8.75. The van der Waals surface area contributed by atoms with Crippen LogP contribution in [0, 0.1) is 0 Å². The summed E-state index contributed by atoms with van der Waals surface area (Å²) >= 11 is 0. The average Bonchev–Trinajstić information content (AvgIpc) is 3.19. The number of rotatable bonds is 4. The second kappa shape index (κ2) is 6.80. The Kier molecular flexibility index (Phi) is 4.03. The number of carbonyl (C=O) groups is 1. The average molecular weight is 416 g/mol. The maximum absolute atomic E-state index is 13.8. The van der Waals surface area contributed by atoms with Crippen molar-refractivity contribution < 1.29 is 9.21 Å². The van der Waals surface area contributed by atoms with E-state index in [0.29, 0.717) is 24.1 Å². The quantitative estimate of drug-likeness (QED) is 0.546. The molecule has 0 aromatic carbocycles. The van der Waals surface area contributed by atoms with Crippen LogP contribution in [0.4, 0.5) is 0 Å². The second-order valence-corrected chi connectivity index (χ2v) is 8.75. The zero-order valence-corrected chi connectivity index (χ0v) is 17.6. The van der Waals surface area contributed by atoms with Gasteiger partial charge in [-0.3, -0.25) is 4.79 Å². The first-order chi connectivity index (χ1) is 15.1. The van der Waals surface area contributed by atoms with Gasteiger partial charge < -0.3 is 14.3 Å². The number of H-pyrrole nitrogens is 1. The van der Waals surface area contributed by atoms with Crippen molar-refractivity contribution in [1.29, 1.82) is 0 Å². The predicted octanol–water partition coefficient (Wildman–Crippen LogP) is 3.83. The van der Waals surface area contributed by atoms with Crippen LogP contribution >= 0.6 is 0 Å². The van der Waals surface area contributed by atoms with Gasteiger partial charge in [0.25, 0.3) is 5.91 Å². The van der Waals surface area contributed by atoms with E-state index in [9.17, 15) is 4.79 Å². The van der Waals surface area contributed by atoms with E-state index < -0.39 is 0 Å². The van der Waals surface area contributed by atoms with E-state index in [2.05, 4.69) is 9.97 Å². The Morgan fingerprint density at radius 3 is 2.90 bits per heavy atom. The third-order valence-electron chi connectivity index (χ3n) is 6.18. The maximum Gasteiger partial charge on any atom is 0.292 e. The van der Waals surface area contributed by atoms with Crippen LogP contribution in [0.3, 0.4) is 0 Å². The molecule has 0 radical (unpaired) electrons. The fourth-order valence-corrected chi connectivity index (χ4v) is 4.40. The number of carbonyl (C=O) groups excluding carboxylic acids is 1. The summed E-state index contributed by atoms with van der Waals surface area (Å²) in [6.07, 6.45) is 6.44. The first kappa shape index (κ1) is 18.4. The lowest BCUT2D eigenvalue weighted by Gasteiger charge is -2.33. The third kappa shape index (κ3) is 2.97. The molecule has 6 rings (SSSR count). The molecule has 31 heavy (non-hydrogen) atoms. The monoisotopic (exact) mass is 416 g/mol. The molecule has 0 spiro atoms. The standard InChI is InChI=1S/C23H24N6O2/c1-13(2)22-26-18(14-6-7-14)21(31-22)23(30)28-10-8-16-19(25-12-24-16)20(28)17-11-15-5-3-4-9-29(15)27-17/h3-5,9,11-14,20H,6-8,10H2,1-2H3,(H,24,25)/t20-/m0/s1. The zero-order valence-electron chi connectivity index (χ0n) is 17.6. The van der Waals surface area contributed by atoms with E-state index in [1.54, 1.807) is 6.33 Å². The number of fused-ring (bicyclic) bond motifs is 2. The molecule has 8 nitrogen and oxygen atoms in total. The molecule has 1 fully saturated rings. The molecule has 0 saturated heterocycles. The first-order valence-electron chi connectivity index (χ1n) is 10.9. The van der Waals surface area contributed by atoms with Crippen molar-refractivity contribution in [3.8, 4) is 0 Å². The minimum atomic E-state index is -0.373. The molecule has 1 amide bonds. The molecule has 4 aromatic heterocycles. The highest BCUT2D eigenvalue weighted by atomic mass is 16.4. The van der Waals surface area contributed by atoms with Gasteiger partial charge in [0.15, 0.2) is 5.89 Å². The van der Waals surface area contributed by atoms with E-state index in [1.165, 1.54) is 0 Å². The summed E-state index contributed by atoms with van der Waals surface area (Å²) in [5, 5.41) is 4.77. The Hall–Kier alpha value is -3.42. The van der Waals surface area contributed by atoms with E-state index in [1.807, 2.05) is 53.7 Å². The number of hydrogen-bond donors (Lipinski definition) is 1. The summed E-state index contributed by atoms with van der Waals surface area (Å²) in [7, 11) is 0. The molecule has 1 atom stereocenters.